The molecule has 160 valence electrons. The number of carbonyl (C=O) groups excluding carboxylic acids is 2. The number of aliphatic hydroxyl groups excluding tert-OH is 1. The second kappa shape index (κ2) is 10.3. The second-order valence-electron chi connectivity index (χ2n) is 7.05. The highest BCUT2D eigenvalue weighted by Gasteiger charge is 2.30. The van der Waals surface area contributed by atoms with Gasteiger partial charge in [0.05, 0.1) is 6.61 Å². The summed E-state index contributed by atoms with van der Waals surface area (Å²) in [4.78, 5) is 27.3. The van der Waals surface area contributed by atoms with Crippen molar-refractivity contribution >= 4 is 12.1 Å². The van der Waals surface area contributed by atoms with Crippen LogP contribution < -0.4 is 5.32 Å². The number of diazo groups is 1. The van der Waals surface area contributed by atoms with Crippen molar-refractivity contribution in [2.45, 2.75) is 31.7 Å². The molecule has 1 aliphatic rings. The Balaban J connectivity index is 1.65. The molecule has 0 radical (unpaired) electrons. The molecule has 3 rings (SSSR count). The number of benzene rings is 2. The molecule has 31 heavy (non-hydrogen) atoms. The molecule has 8 heteroatoms. The lowest BCUT2D eigenvalue weighted by atomic mass is 9.98. The Morgan fingerprint density at radius 2 is 1.74 bits per heavy atom. The average Bonchev–Trinajstić information content (AvgIpc) is 3.09. The molecule has 0 saturated heterocycles. The number of ether oxygens (including phenoxy) is 2. The molecule has 8 nitrogen and oxygen atoms in total. The van der Waals surface area contributed by atoms with Crippen LogP contribution in [-0.2, 0) is 14.3 Å². The summed E-state index contributed by atoms with van der Waals surface area (Å²) in [6.45, 7) is 1.92. The number of allylic oxidation sites excluding steroid dienone is 1. The average molecular weight is 422 g/mol. The number of rotatable bonds is 8. The summed E-state index contributed by atoms with van der Waals surface area (Å²) in [6.07, 6.45) is 0.170. The molecule has 1 atom stereocenters. The van der Waals surface area contributed by atoms with Gasteiger partial charge in [-0.05, 0) is 35.6 Å². The predicted molar refractivity (Wildman–Crippen MR) is 114 cm³/mol. The van der Waals surface area contributed by atoms with E-state index in [2.05, 4.69) is 10.3 Å². The van der Waals surface area contributed by atoms with Crippen LogP contribution in [0.2, 0.25) is 0 Å². The predicted octanol–water partition coefficient (Wildman–Crippen LogP) is 4.49. The monoisotopic (exact) mass is 422 g/mol. The third kappa shape index (κ3) is 5.20. The molecule has 2 aromatic rings. The number of esters is 1. The molecule has 0 aromatic heterocycles. The van der Waals surface area contributed by atoms with Crippen LogP contribution in [0.3, 0.4) is 0 Å². The molecule has 0 heterocycles. The molecule has 0 spiro atoms. The summed E-state index contributed by atoms with van der Waals surface area (Å²) in [5, 5.41) is 20.6. The summed E-state index contributed by atoms with van der Waals surface area (Å²) >= 11 is 0. The van der Waals surface area contributed by atoms with E-state index in [9.17, 15) is 14.7 Å². The van der Waals surface area contributed by atoms with Gasteiger partial charge in [-0.1, -0.05) is 48.5 Å². The van der Waals surface area contributed by atoms with Crippen molar-refractivity contribution in [1.29, 1.82) is 5.39 Å². The Bertz CT molecular complexity index is 982. The van der Waals surface area contributed by atoms with Gasteiger partial charge in [-0.15, -0.1) is 0 Å². The number of aliphatic hydroxyl groups is 1. The van der Waals surface area contributed by atoms with Crippen LogP contribution in [-0.4, -0.2) is 36.4 Å². The van der Waals surface area contributed by atoms with E-state index in [1.807, 2.05) is 48.5 Å². The zero-order chi connectivity index (χ0) is 22.2. The number of amides is 1. The molecule has 0 bridgehead atoms. The third-order valence-electron chi connectivity index (χ3n) is 5.10. The van der Waals surface area contributed by atoms with Gasteiger partial charge < -0.3 is 19.9 Å². The molecule has 0 unspecified atom stereocenters. The Morgan fingerprint density at radius 1 is 1.13 bits per heavy atom. The Kier molecular flexibility index (Phi) is 7.22. The first kappa shape index (κ1) is 21.8. The van der Waals surface area contributed by atoms with Gasteiger partial charge in [0, 0.05) is 12.3 Å². The second-order valence-corrected chi connectivity index (χ2v) is 7.05. The van der Waals surface area contributed by atoms with Gasteiger partial charge >= 0.3 is 18.3 Å². The van der Waals surface area contributed by atoms with Crippen LogP contribution in [0.4, 0.5) is 4.79 Å². The first-order chi connectivity index (χ1) is 15.0. The van der Waals surface area contributed by atoms with Gasteiger partial charge in [-0.25, -0.2) is 9.59 Å². The minimum atomic E-state index is -1.01. The van der Waals surface area contributed by atoms with Crippen molar-refractivity contribution in [2.24, 2.45) is 0 Å². The molecule has 2 aromatic carbocycles. The summed E-state index contributed by atoms with van der Waals surface area (Å²) in [5.41, 5.74) is 4.41. The van der Waals surface area contributed by atoms with Crippen molar-refractivity contribution in [3.63, 3.8) is 0 Å². The van der Waals surface area contributed by atoms with Crippen molar-refractivity contribution in [2.75, 3.05) is 13.2 Å². The summed E-state index contributed by atoms with van der Waals surface area (Å²) in [5.74, 6) is -0.965. The summed E-state index contributed by atoms with van der Waals surface area (Å²) < 4.78 is 10.4. The molecular weight excluding hydrogens is 398 g/mol. The fraction of sp³-hybridized carbons (Fsp3) is 0.304. The summed E-state index contributed by atoms with van der Waals surface area (Å²) in [6, 6.07) is 15.0. The van der Waals surface area contributed by atoms with Gasteiger partial charge in [0.15, 0.2) is 10.7 Å². The van der Waals surface area contributed by atoms with Crippen molar-refractivity contribution in [3.05, 3.63) is 76.6 Å². The van der Waals surface area contributed by atoms with Gasteiger partial charge in [-0.3, -0.25) is 0 Å². The lowest BCUT2D eigenvalue weighted by Crippen LogP contribution is -2.42. The van der Waals surface area contributed by atoms with E-state index >= 15 is 0 Å². The number of alkyl carbamates (subject to hydrolysis) is 1. The molecular formula is C23H24N3O5+. The number of hydrogen-bond acceptors (Lipinski definition) is 6. The van der Waals surface area contributed by atoms with Crippen LogP contribution >= 0.6 is 0 Å². The maximum Gasteiger partial charge on any atom is 0.407 e. The minimum absolute atomic E-state index is 0.0111. The highest BCUT2D eigenvalue weighted by molar-refractivity contribution is 5.82. The first-order valence-electron chi connectivity index (χ1n) is 10.1. The molecule has 1 aliphatic carbocycles. The van der Waals surface area contributed by atoms with Crippen molar-refractivity contribution < 1.29 is 24.2 Å². The van der Waals surface area contributed by atoms with E-state index in [1.165, 1.54) is 0 Å². The van der Waals surface area contributed by atoms with Gasteiger partial charge in [0.1, 0.15) is 12.6 Å². The lowest BCUT2D eigenvalue weighted by molar-refractivity contribution is -0.145. The topological polar surface area (TPSA) is 113 Å². The smallest absolute Gasteiger partial charge is 0.407 e. The number of nitrogens with zero attached hydrogens (tertiary/aromatic N) is 2. The number of fused-ring (bicyclic) bond motifs is 3. The molecule has 1 amide bonds. The molecule has 0 saturated carbocycles. The van der Waals surface area contributed by atoms with E-state index in [1.54, 1.807) is 6.92 Å². The molecule has 2 N–H and O–H groups in total. The summed E-state index contributed by atoms with van der Waals surface area (Å²) in [7, 11) is 0. The van der Waals surface area contributed by atoms with E-state index in [4.69, 9.17) is 14.9 Å². The van der Waals surface area contributed by atoms with Gasteiger partial charge in [-0.2, -0.15) is 0 Å². The van der Waals surface area contributed by atoms with Gasteiger partial charge in [0.2, 0.25) is 5.39 Å². The van der Waals surface area contributed by atoms with Crippen molar-refractivity contribution in [3.8, 4) is 11.1 Å². The van der Waals surface area contributed by atoms with Crippen LogP contribution in [0.25, 0.3) is 16.1 Å². The molecule has 0 fully saturated rings. The maximum absolute atomic E-state index is 12.4. The normalized spacial score (nSPS) is 13.5. The Morgan fingerprint density at radius 3 is 2.32 bits per heavy atom. The SMILES string of the molecule is CCOC(=O)[C@H](CC/C(O)=C/[N+]#N)NC(=O)OCC1c2ccccc2-c2ccccc21. The van der Waals surface area contributed by atoms with E-state index in [0.717, 1.165) is 28.5 Å². The van der Waals surface area contributed by atoms with Crippen LogP contribution in [0.1, 0.15) is 36.8 Å². The minimum Gasteiger partial charge on any atom is -0.505 e. The van der Waals surface area contributed by atoms with Crippen LogP contribution in [0.5, 0.6) is 0 Å². The standard InChI is InChI=1S/C23H23N3O5/c1-2-30-22(28)21(12-11-15(27)13-25-24)26-23(29)31-14-20-18-9-5-3-7-16(18)17-8-4-6-10-19(17)20/h3-10,13,20-21H,2,11-12,14H2,1H3,(H-,26,27,29)/p+1/b15-13-/t21-/m0/s1. The third-order valence-corrected chi connectivity index (χ3v) is 5.10. The highest BCUT2D eigenvalue weighted by atomic mass is 16.6. The highest BCUT2D eigenvalue weighted by Crippen LogP contribution is 2.44. The zero-order valence-corrected chi connectivity index (χ0v) is 17.2. The first-order valence-corrected chi connectivity index (χ1v) is 10.1. The zero-order valence-electron chi connectivity index (χ0n) is 17.2. The number of hydrogen-bond donors (Lipinski definition) is 2. The fourth-order valence-corrected chi connectivity index (χ4v) is 3.70. The van der Waals surface area contributed by atoms with Crippen molar-refractivity contribution in [1.82, 2.24) is 5.32 Å². The maximum atomic E-state index is 12.4. The quantitative estimate of drug-likeness (QED) is 0.368. The number of nitrogens with one attached hydrogen (secondary N) is 1. The van der Waals surface area contributed by atoms with E-state index in [-0.39, 0.29) is 37.7 Å². The number of carbonyl (C=O) groups is 2. The van der Waals surface area contributed by atoms with Crippen LogP contribution in [0.15, 0.2) is 60.5 Å². The fourth-order valence-electron chi connectivity index (χ4n) is 3.70. The van der Waals surface area contributed by atoms with Crippen LogP contribution in [0, 0.1) is 5.39 Å². The van der Waals surface area contributed by atoms with E-state index < -0.39 is 18.1 Å². The largest absolute Gasteiger partial charge is 0.505 e. The molecule has 0 aliphatic heterocycles. The van der Waals surface area contributed by atoms with E-state index in [0.29, 0.717) is 0 Å². The lowest BCUT2D eigenvalue weighted by Gasteiger charge is -2.18. The Hall–Kier alpha value is -3.86. The Labute approximate surface area is 180 Å². The van der Waals surface area contributed by atoms with Gasteiger partial charge in [0.25, 0.3) is 0 Å².